The molecule has 0 atom stereocenters. The second-order valence-corrected chi connectivity index (χ2v) is 8.17. The van der Waals surface area contributed by atoms with Crippen molar-refractivity contribution in [2.24, 2.45) is 0 Å². The van der Waals surface area contributed by atoms with Crippen molar-refractivity contribution in [2.75, 3.05) is 32.7 Å². The van der Waals surface area contributed by atoms with Crippen LogP contribution in [0.25, 0.3) is 0 Å². The first kappa shape index (κ1) is 22.0. The van der Waals surface area contributed by atoms with Crippen LogP contribution < -0.4 is 0 Å². The molecule has 9 nitrogen and oxygen atoms in total. The Morgan fingerprint density at radius 2 is 1.72 bits per heavy atom. The van der Waals surface area contributed by atoms with E-state index in [-0.39, 0.29) is 18.7 Å². The summed E-state index contributed by atoms with van der Waals surface area (Å²) in [7, 11) is 0. The number of hydroxylamine groups is 2. The van der Waals surface area contributed by atoms with E-state index in [1.54, 1.807) is 23.2 Å². The number of hydrogen-bond acceptors (Lipinski definition) is 6. The molecule has 0 N–H and O–H groups in total. The Hall–Kier alpha value is -3.17. The second-order valence-electron chi connectivity index (χ2n) is 7.73. The normalized spacial score (nSPS) is 19.1. The molecule has 2 saturated heterocycles. The number of carbonyl (C=O) groups excluding carboxylic acids is 4. The minimum absolute atomic E-state index is 0.0611. The first-order valence-corrected chi connectivity index (χ1v) is 10.8. The van der Waals surface area contributed by atoms with Gasteiger partial charge in [0.25, 0.3) is 17.7 Å². The van der Waals surface area contributed by atoms with Gasteiger partial charge in [-0.05, 0) is 23.8 Å². The third kappa shape index (κ3) is 4.84. The summed E-state index contributed by atoms with van der Waals surface area (Å²) in [6, 6.07) is 5.30. The Morgan fingerprint density at radius 1 is 1.00 bits per heavy atom. The lowest BCUT2D eigenvalue weighted by Crippen LogP contribution is -2.50. The van der Waals surface area contributed by atoms with Gasteiger partial charge in [-0.2, -0.15) is 0 Å². The van der Waals surface area contributed by atoms with E-state index in [0.717, 1.165) is 5.56 Å². The summed E-state index contributed by atoms with van der Waals surface area (Å²) >= 11 is 6.16. The largest absolute Gasteiger partial charge is 0.434 e. The summed E-state index contributed by atoms with van der Waals surface area (Å²) in [4.78, 5) is 58.8. The number of hydrogen-bond donors (Lipinski definition) is 0. The number of piperazine rings is 1. The summed E-state index contributed by atoms with van der Waals surface area (Å²) in [5, 5.41) is 1.05. The van der Waals surface area contributed by atoms with Gasteiger partial charge in [-0.15, -0.1) is 5.06 Å². The SMILES string of the molecule is O=C(c1cc(Cl)ccc1CN1CCN(C(=O)ON2C(=O)CCC2=O)CC1)N1C=CC=CC1. The maximum Gasteiger partial charge on any atom is 0.434 e. The number of carbonyl (C=O) groups is 4. The molecule has 0 saturated carbocycles. The van der Waals surface area contributed by atoms with Gasteiger partial charge < -0.3 is 14.6 Å². The zero-order valence-electron chi connectivity index (χ0n) is 17.4. The monoisotopic (exact) mass is 458 g/mol. The highest BCUT2D eigenvalue weighted by atomic mass is 35.5. The zero-order chi connectivity index (χ0) is 22.7. The zero-order valence-corrected chi connectivity index (χ0v) is 18.2. The van der Waals surface area contributed by atoms with Gasteiger partial charge in [-0.3, -0.25) is 19.3 Å². The molecule has 4 rings (SSSR count). The van der Waals surface area contributed by atoms with Crippen molar-refractivity contribution in [1.82, 2.24) is 19.8 Å². The van der Waals surface area contributed by atoms with E-state index >= 15 is 0 Å². The lowest BCUT2D eigenvalue weighted by Gasteiger charge is -2.34. The molecule has 1 aromatic carbocycles. The molecule has 0 unspecified atom stereocenters. The number of halogens is 1. The summed E-state index contributed by atoms with van der Waals surface area (Å²) < 4.78 is 0. The molecule has 0 spiro atoms. The molecular formula is C22H23ClN4O5. The average molecular weight is 459 g/mol. The van der Waals surface area contributed by atoms with Gasteiger partial charge in [0.05, 0.1) is 0 Å². The van der Waals surface area contributed by atoms with Crippen molar-refractivity contribution < 1.29 is 24.0 Å². The van der Waals surface area contributed by atoms with Crippen molar-refractivity contribution in [2.45, 2.75) is 19.4 Å². The first-order valence-electron chi connectivity index (χ1n) is 10.4. The molecule has 1 aromatic rings. The van der Waals surface area contributed by atoms with Gasteiger partial charge in [0.2, 0.25) is 0 Å². The van der Waals surface area contributed by atoms with E-state index in [0.29, 0.717) is 54.9 Å². The van der Waals surface area contributed by atoms with Gasteiger partial charge >= 0.3 is 6.09 Å². The minimum Gasteiger partial charge on any atom is -0.311 e. The smallest absolute Gasteiger partial charge is 0.311 e. The average Bonchev–Trinajstić information content (AvgIpc) is 3.13. The second kappa shape index (κ2) is 9.54. The highest BCUT2D eigenvalue weighted by molar-refractivity contribution is 6.31. The van der Waals surface area contributed by atoms with Crippen molar-refractivity contribution in [3.63, 3.8) is 0 Å². The highest BCUT2D eigenvalue weighted by Crippen LogP contribution is 2.22. The topological polar surface area (TPSA) is 90.5 Å². The van der Waals surface area contributed by atoms with Gasteiger partial charge in [-0.25, -0.2) is 4.79 Å². The highest BCUT2D eigenvalue weighted by Gasteiger charge is 2.35. The molecule has 168 valence electrons. The number of amides is 4. The molecule has 3 heterocycles. The number of allylic oxidation sites excluding steroid dienone is 2. The van der Waals surface area contributed by atoms with Gasteiger partial charge in [0.15, 0.2) is 0 Å². The lowest BCUT2D eigenvalue weighted by atomic mass is 10.0. The van der Waals surface area contributed by atoms with Crippen LogP contribution in [0, 0.1) is 0 Å². The summed E-state index contributed by atoms with van der Waals surface area (Å²) in [5.74, 6) is -1.12. The molecule has 0 bridgehead atoms. The Labute approximate surface area is 190 Å². The molecule has 4 amide bonds. The third-order valence-corrected chi connectivity index (χ3v) is 5.81. The van der Waals surface area contributed by atoms with Crippen LogP contribution in [-0.4, -0.2) is 76.3 Å². The Balaban J connectivity index is 1.36. The number of rotatable bonds is 4. The Kier molecular flexibility index (Phi) is 6.57. The Morgan fingerprint density at radius 3 is 2.38 bits per heavy atom. The number of nitrogens with zero attached hydrogens (tertiary/aromatic N) is 4. The van der Waals surface area contributed by atoms with Crippen molar-refractivity contribution in [3.05, 3.63) is 58.8 Å². The van der Waals surface area contributed by atoms with E-state index in [2.05, 4.69) is 4.90 Å². The van der Waals surface area contributed by atoms with Crippen LogP contribution in [0.5, 0.6) is 0 Å². The van der Waals surface area contributed by atoms with Crippen molar-refractivity contribution >= 4 is 35.4 Å². The lowest BCUT2D eigenvalue weighted by molar-refractivity contribution is -0.174. The van der Waals surface area contributed by atoms with E-state index in [9.17, 15) is 19.2 Å². The Bertz CT molecular complexity index is 984. The standard InChI is InChI=1S/C22H23ClN4O5/c23-17-5-4-16(18(14-17)21(30)25-8-2-1-3-9-25)15-24-10-12-26(13-11-24)22(31)32-27-19(28)6-7-20(27)29/h1-5,8,14H,6-7,9-13,15H2. The fourth-order valence-corrected chi connectivity index (χ4v) is 3.95. The van der Waals surface area contributed by atoms with Crippen LogP contribution >= 0.6 is 11.6 Å². The van der Waals surface area contributed by atoms with Crippen molar-refractivity contribution in [3.8, 4) is 0 Å². The van der Waals surface area contributed by atoms with E-state index in [4.69, 9.17) is 16.4 Å². The fraction of sp³-hybridized carbons (Fsp3) is 0.364. The number of imide groups is 1. The molecule has 0 aliphatic carbocycles. The van der Waals surface area contributed by atoms with E-state index in [1.807, 2.05) is 24.3 Å². The summed E-state index contributed by atoms with van der Waals surface area (Å²) in [5.41, 5.74) is 1.40. The summed E-state index contributed by atoms with van der Waals surface area (Å²) in [6.45, 7) is 2.90. The summed E-state index contributed by atoms with van der Waals surface area (Å²) in [6.07, 6.45) is 6.77. The predicted molar refractivity (Wildman–Crippen MR) is 115 cm³/mol. The van der Waals surface area contributed by atoms with Crippen LogP contribution in [0.3, 0.4) is 0 Å². The molecule has 0 radical (unpaired) electrons. The molecule has 0 aromatic heterocycles. The van der Waals surface area contributed by atoms with Crippen LogP contribution in [0.2, 0.25) is 5.02 Å². The van der Waals surface area contributed by atoms with Crippen LogP contribution in [0.15, 0.2) is 42.6 Å². The van der Waals surface area contributed by atoms with E-state index < -0.39 is 17.9 Å². The quantitative estimate of drug-likeness (QED) is 0.642. The van der Waals surface area contributed by atoms with Crippen LogP contribution in [-0.2, 0) is 21.0 Å². The molecule has 10 heteroatoms. The molecule has 32 heavy (non-hydrogen) atoms. The molecule has 2 fully saturated rings. The van der Waals surface area contributed by atoms with Crippen LogP contribution in [0.4, 0.5) is 4.79 Å². The van der Waals surface area contributed by atoms with Crippen molar-refractivity contribution in [1.29, 1.82) is 0 Å². The molecule has 3 aliphatic heterocycles. The minimum atomic E-state index is -0.708. The predicted octanol–water partition coefficient (Wildman–Crippen LogP) is 2.18. The maximum atomic E-state index is 13.0. The fourth-order valence-electron chi connectivity index (χ4n) is 3.78. The molecular weight excluding hydrogens is 436 g/mol. The van der Waals surface area contributed by atoms with Gasteiger partial charge in [0, 0.05) is 68.9 Å². The number of benzene rings is 1. The molecule has 3 aliphatic rings. The van der Waals surface area contributed by atoms with E-state index in [1.165, 1.54) is 4.90 Å². The third-order valence-electron chi connectivity index (χ3n) is 5.58. The first-order chi connectivity index (χ1) is 15.4. The van der Waals surface area contributed by atoms with Gasteiger partial charge in [-0.1, -0.05) is 29.8 Å². The maximum absolute atomic E-state index is 13.0. The van der Waals surface area contributed by atoms with Gasteiger partial charge in [0.1, 0.15) is 0 Å². The van der Waals surface area contributed by atoms with Crippen LogP contribution in [0.1, 0.15) is 28.8 Å².